The number of hydrogen-bond donors (Lipinski definition) is 3. The molecule has 3 aliphatic rings. The van der Waals surface area contributed by atoms with Crippen LogP contribution in [-0.4, -0.2) is 111 Å². The zero-order valence-corrected chi connectivity index (χ0v) is 32.3. The predicted molar refractivity (Wildman–Crippen MR) is 202 cm³/mol. The van der Waals surface area contributed by atoms with E-state index in [1.807, 2.05) is 91.0 Å². The zero-order valence-electron chi connectivity index (χ0n) is 32.3. The highest BCUT2D eigenvalue weighted by atomic mass is 16.8. The van der Waals surface area contributed by atoms with Gasteiger partial charge in [-0.1, -0.05) is 91.0 Å². The molecule has 308 valence electrons. The molecule has 11 atom stereocenters. The van der Waals surface area contributed by atoms with Gasteiger partial charge < -0.3 is 58.4 Å². The lowest BCUT2D eigenvalue weighted by atomic mass is 9.93. The van der Waals surface area contributed by atoms with E-state index in [-0.39, 0.29) is 46.1 Å². The van der Waals surface area contributed by atoms with Gasteiger partial charge in [-0.2, -0.15) is 0 Å². The molecule has 0 radical (unpaired) electrons. The summed E-state index contributed by atoms with van der Waals surface area (Å²) in [7, 11) is 0. The van der Waals surface area contributed by atoms with E-state index in [1.165, 1.54) is 13.8 Å². The first-order valence-corrected chi connectivity index (χ1v) is 19.2. The Morgan fingerprint density at radius 3 is 2.04 bits per heavy atom. The molecular formula is C42H52N2O13. The lowest BCUT2D eigenvalue weighted by molar-refractivity contribution is -0.368. The number of amides is 2. The quantitative estimate of drug-likeness (QED) is 0.170. The SMILES string of the molecule is CCOC(=O)CCO[C@@H]1[C@@H](NC(C)=O)[C@@H](OCc2ccccc2)O[C@H](COCc2ccccc2)[C@H]1O[C@@H]1O[C@@H]2CO[C@@H](c3ccccc3)O[C@H]2[C@H](O)[C@H]1NC(C)=O. The molecule has 3 heterocycles. The minimum Gasteiger partial charge on any atom is -0.466 e. The van der Waals surface area contributed by atoms with Crippen molar-refractivity contribution in [1.29, 1.82) is 0 Å². The van der Waals surface area contributed by atoms with Crippen LogP contribution in [0.2, 0.25) is 0 Å². The summed E-state index contributed by atoms with van der Waals surface area (Å²) in [6.07, 6.45) is -9.30. The summed E-state index contributed by atoms with van der Waals surface area (Å²) in [6.45, 7) is 4.85. The normalized spacial score (nSPS) is 29.8. The Morgan fingerprint density at radius 1 is 0.754 bits per heavy atom. The molecule has 3 N–H and O–H groups in total. The summed E-state index contributed by atoms with van der Waals surface area (Å²) in [6, 6.07) is 26.2. The molecular weight excluding hydrogens is 740 g/mol. The van der Waals surface area contributed by atoms with E-state index in [9.17, 15) is 19.5 Å². The largest absolute Gasteiger partial charge is 0.466 e. The fourth-order valence-electron chi connectivity index (χ4n) is 7.09. The Bertz CT molecular complexity index is 1700. The first-order valence-electron chi connectivity index (χ1n) is 19.2. The van der Waals surface area contributed by atoms with E-state index in [4.69, 9.17) is 42.6 Å². The van der Waals surface area contributed by atoms with Gasteiger partial charge in [0.2, 0.25) is 11.8 Å². The molecule has 0 spiro atoms. The topological polar surface area (TPSA) is 179 Å². The smallest absolute Gasteiger partial charge is 0.308 e. The monoisotopic (exact) mass is 792 g/mol. The third kappa shape index (κ3) is 11.7. The number of aliphatic hydroxyl groups excluding tert-OH is 1. The van der Waals surface area contributed by atoms with Gasteiger partial charge in [-0.25, -0.2) is 0 Å². The summed E-state index contributed by atoms with van der Waals surface area (Å²) in [5.74, 6) is -1.32. The van der Waals surface area contributed by atoms with Gasteiger partial charge in [0.05, 0.1) is 46.1 Å². The molecule has 3 aromatic carbocycles. The van der Waals surface area contributed by atoms with Crippen LogP contribution in [-0.2, 0) is 70.2 Å². The van der Waals surface area contributed by atoms with Gasteiger partial charge in [-0.3, -0.25) is 14.4 Å². The molecule has 15 heteroatoms. The molecule has 3 fully saturated rings. The second kappa shape index (κ2) is 20.9. The number of rotatable bonds is 17. The van der Waals surface area contributed by atoms with Gasteiger partial charge in [0.15, 0.2) is 18.9 Å². The maximum atomic E-state index is 12.8. The highest BCUT2D eigenvalue weighted by molar-refractivity contribution is 5.73. The van der Waals surface area contributed by atoms with Crippen molar-refractivity contribution in [3.05, 3.63) is 108 Å². The second-order valence-electron chi connectivity index (χ2n) is 14.0. The minimum absolute atomic E-state index is 0.0353. The van der Waals surface area contributed by atoms with E-state index in [0.717, 1.165) is 16.7 Å². The number of esters is 1. The average molecular weight is 793 g/mol. The van der Waals surface area contributed by atoms with E-state index >= 15 is 0 Å². The van der Waals surface area contributed by atoms with Crippen molar-refractivity contribution < 1.29 is 62.1 Å². The Morgan fingerprint density at radius 2 is 1.39 bits per heavy atom. The summed E-state index contributed by atoms with van der Waals surface area (Å²) in [5, 5.41) is 17.6. The van der Waals surface area contributed by atoms with Crippen molar-refractivity contribution in [2.24, 2.45) is 0 Å². The van der Waals surface area contributed by atoms with Gasteiger partial charge in [-0.15, -0.1) is 0 Å². The minimum atomic E-state index is -1.30. The molecule has 0 saturated carbocycles. The fourth-order valence-corrected chi connectivity index (χ4v) is 7.09. The van der Waals surface area contributed by atoms with Gasteiger partial charge >= 0.3 is 5.97 Å². The van der Waals surface area contributed by atoms with Crippen LogP contribution in [0.4, 0.5) is 0 Å². The van der Waals surface area contributed by atoms with Crippen LogP contribution in [0.25, 0.3) is 0 Å². The molecule has 3 aliphatic heterocycles. The number of carbonyl (C=O) groups excluding carboxylic acids is 3. The number of fused-ring (bicyclic) bond motifs is 1. The molecule has 3 aromatic rings. The summed E-state index contributed by atoms with van der Waals surface area (Å²) in [5.41, 5.74) is 2.54. The van der Waals surface area contributed by atoms with Crippen molar-refractivity contribution in [2.75, 3.05) is 26.4 Å². The van der Waals surface area contributed by atoms with Crippen molar-refractivity contribution in [1.82, 2.24) is 10.6 Å². The van der Waals surface area contributed by atoms with Crippen molar-refractivity contribution >= 4 is 17.8 Å². The van der Waals surface area contributed by atoms with E-state index < -0.39 is 85.4 Å². The summed E-state index contributed by atoms with van der Waals surface area (Å²) < 4.78 is 56.2. The van der Waals surface area contributed by atoms with Crippen LogP contribution in [0.3, 0.4) is 0 Å². The molecule has 15 nitrogen and oxygen atoms in total. The number of benzene rings is 3. The molecule has 3 saturated heterocycles. The number of ether oxygens (including phenoxy) is 9. The summed E-state index contributed by atoms with van der Waals surface area (Å²) >= 11 is 0. The van der Waals surface area contributed by atoms with Gasteiger partial charge in [0.1, 0.15) is 48.7 Å². The molecule has 0 unspecified atom stereocenters. The molecule has 57 heavy (non-hydrogen) atoms. The van der Waals surface area contributed by atoms with Crippen LogP contribution < -0.4 is 10.6 Å². The maximum Gasteiger partial charge on any atom is 0.308 e. The Labute approximate surface area is 332 Å². The maximum absolute atomic E-state index is 12.8. The number of hydrogen-bond acceptors (Lipinski definition) is 13. The van der Waals surface area contributed by atoms with E-state index in [1.54, 1.807) is 6.92 Å². The van der Waals surface area contributed by atoms with Crippen LogP contribution in [0.15, 0.2) is 91.0 Å². The molecule has 0 aromatic heterocycles. The third-order valence-corrected chi connectivity index (χ3v) is 9.69. The molecule has 0 aliphatic carbocycles. The van der Waals surface area contributed by atoms with Crippen LogP contribution in [0.1, 0.15) is 50.2 Å². The molecule has 6 rings (SSSR count). The average Bonchev–Trinajstić information content (AvgIpc) is 3.21. The van der Waals surface area contributed by atoms with E-state index in [0.29, 0.717) is 0 Å². The number of aliphatic hydroxyl groups is 1. The van der Waals surface area contributed by atoms with Crippen molar-refractivity contribution in [3.63, 3.8) is 0 Å². The highest BCUT2D eigenvalue weighted by Gasteiger charge is 2.54. The molecule has 0 bridgehead atoms. The summed E-state index contributed by atoms with van der Waals surface area (Å²) in [4.78, 5) is 37.9. The van der Waals surface area contributed by atoms with Crippen molar-refractivity contribution in [3.8, 4) is 0 Å². The lowest BCUT2D eigenvalue weighted by Crippen LogP contribution is -2.70. The van der Waals surface area contributed by atoms with Crippen LogP contribution in [0.5, 0.6) is 0 Å². The van der Waals surface area contributed by atoms with Gasteiger partial charge in [0.25, 0.3) is 0 Å². The second-order valence-corrected chi connectivity index (χ2v) is 14.0. The number of carbonyl (C=O) groups is 3. The van der Waals surface area contributed by atoms with Gasteiger partial charge in [-0.05, 0) is 18.1 Å². The van der Waals surface area contributed by atoms with Crippen LogP contribution in [0, 0.1) is 0 Å². The third-order valence-electron chi connectivity index (χ3n) is 9.69. The molecule has 2 amide bonds. The van der Waals surface area contributed by atoms with E-state index in [2.05, 4.69) is 10.6 Å². The van der Waals surface area contributed by atoms with Gasteiger partial charge in [0, 0.05) is 19.4 Å². The Hall–Kier alpha value is -4.29. The highest BCUT2D eigenvalue weighted by Crippen LogP contribution is 2.37. The Balaban J connectivity index is 1.31. The lowest BCUT2D eigenvalue weighted by Gasteiger charge is -2.51. The Kier molecular flexibility index (Phi) is 15.5. The fraction of sp³-hybridized carbons (Fsp3) is 0.500. The van der Waals surface area contributed by atoms with Crippen LogP contribution >= 0.6 is 0 Å². The first kappa shape index (κ1) is 42.3. The first-order chi connectivity index (χ1) is 27.7. The number of nitrogens with one attached hydrogen (secondary N) is 2. The van der Waals surface area contributed by atoms with Crippen molar-refractivity contribution in [2.45, 2.75) is 108 Å². The zero-order chi connectivity index (χ0) is 40.1. The predicted octanol–water partition coefficient (Wildman–Crippen LogP) is 3.08. The standard InChI is InChI=1S/C42H52N2O13/c1-4-50-33(47)20-21-51-39-35(44-27(3)46)41(52-23-29-16-10-6-11-17-29)54-31(24-49-22-28-14-8-5-9-15-28)38(39)57-42-34(43-26(2)45)36(48)37-32(55-42)25-53-40(56-37)30-18-12-7-13-19-30/h5-19,31-32,34-42,48H,4,20-25H2,1-3H3,(H,43,45)(H,44,46)/t31-,32-,34-,35-,36-,37-,38-,39-,40-,41+,42+/m1/s1.